The van der Waals surface area contributed by atoms with Crippen LogP contribution in [0.1, 0.15) is 35.5 Å². The number of hydrogen-bond acceptors (Lipinski definition) is 4. The first-order chi connectivity index (χ1) is 9.88. The Kier molecular flexibility index (Phi) is 3.19. The van der Waals surface area contributed by atoms with E-state index in [0.29, 0.717) is 28.6 Å². The number of anilines is 1. The monoisotopic (exact) mass is 303 g/mol. The minimum Gasteiger partial charge on any atom is -0.384 e. The number of halogens is 1. The molecule has 0 atom stereocenters. The SMILES string of the molecule is CC(C)(O)c1ccc(N2Cc3c(ccnc3Cl)C2=O)cn1. The quantitative estimate of drug-likeness (QED) is 0.866. The second-order valence-corrected chi connectivity index (χ2v) is 5.84. The van der Waals surface area contributed by atoms with Crippen molar-refractivity contribution in [1.82, 2.24) is 9.97 Å². The Balaban J connectivity index is 1.94. The molecule has 5 nitrogen and oxygen atoms in total. The number of fused-ring (bicyclic) bond motifs is 1. The lowest BCUT2D eigenvalue weighted by Gasteiger charge is -2.19. The summed E-state index contributed by atoms with van der Waals surface area (Å²) in [5, 5.41) is 10.3. The highest BCUT2D eigenvalue weighted by Crippen LogP contribution is 2.31. The maximum absolute atomic E-state index is 12.4. The van der Waals surface area contributed by atoms with E-state index in [1.165, 1.54) is 6.20 Å². The Morgan fingerprint density at radius 1 is 1.29 bits per heavy atom. The van der Waals surface area contributed by atoms with E-state index in [1.54, 1.807) is 43.1 Å². The molecule has 0 unspecified atom stereocenters. The predicted molar refractivity (Wildman–Crippen MR) is 79.2 cm³/mol. The third kappa shape index (κ3) is 2.39. The summed E-state index contributed by atoms with van der Waals surface area (Å²) in [7, 11) is 0. The van der Waals surface area contributed by atoms with E-state index in [1.807, 2.05) is 0 Å². The summed E-state index contributed by atoms with van der Waals surface area (Å²) in [6.07, 6.45) is 3.11. The summed E-state index contributed by atoms with van der Waals surface area (Å²) >= 11 is 6.03. The van der Waals surface area contributed by atoms with Gasteiger partial charge in [-0.3, -0.25) is 9.78 Å². The number of pyridine rings is 2. The molecule has 1 aliphatic heterocycles. The molecule has 108 valence electrons. The van der Waals surface area contributed by atoms with E-state index in [4.69, 9.17) is 11.6 Å². The van der Waals surface area contributed by atoms with Gasteiger partial charge in [-0.15, -0.1) is 0 Å². The second-order valence-electron chi connectivity index (χ2n) is 5.48. The van der Waals surface area contributed by atoms with Crippen molar-refractivity contribution in [2.24, 2.45) is 0 Å². The van der Waals surface area contributed by atoms with Crippen LogP contribution in [-0.2, 0) is 12.1 Å². The van der Waals surface area contributed by atoms with E-state index < -0.39 is 5.60 Å². The molecule has 0 saturated heterocycles. The van der Waals surface area contributed by atoms with Crippen LogP contribution in [0.25, 0.3) is 0 Å². The van der Waals surface area contributed by atoms with E-state index in [2.05, 4.69) is 9.97 Å². The lowest BCUT2D eigenvalue weighted by atomic mass is 10.1. The Labute approximate surface area is 127 Å². The van der Waals surface area contributed by atoms with Crippen molar-refractivity contribution in [3.05, 3.63) is 52.6 Å². The third-order valence-electron chi connectivity index (χ3n) is 3.48. The van der Waals surface area contributed by atoms with Crippen molar-refractivity contribution in [1.29, 1.82) is 0 Å². The van der Waals surface area contributed by atoms with Crippen molar-refractivity contribution in [2.75, 3.05) is 4.90 Å². The number of carbonyl (C=O) groups excluding carboxylic acids is 1. The summed E-state index contributed by atoms with van der Waals surface area (Å²) in [6.45, 7) is 3.71. The summed E-state index contributed by atoms with van der Waals surface area (Å²) < 4.78 is 0. The van der Waals surface area contributed by atoms with Gasteiger partial charge >= 0.3 is 0 Å². The van der Waals surface area contributed by atoms with Crippen LogP contribution < -0.4 is 4.90 Å². The molecular formula is C15H14ClN3O2. The second kappa shape index (κ2) is 4.79. The van der Waals surface area contributed by atoms with Gasteiger partial charge in [0, 0.05) is 17.3 Å². The molecule has 0 radical (unpaired) electrons. The molecule has 6 heteroatoms. The zero-order valence-corrected chi connectivity index (χ0v) is 12.4. The van der Waals surface area contributed by atoms with Crippen LogP contribution in [0.15, 0.2) is 30.6 Å². The van der Waals surface area contributed by atoms with E-state index in [9.17, 15) is 9.90 Å². The number of aromatic nitrogens is 2. The van der Waals surface area contributed by atoms with Crippen molar-refractivity contribution in [3.8, 4) is 0 Å². The minimum absolute atomic E-state index is 0.118. The van der Waals surface area contributed by atoms with Crippen LogP contribution in [0.4, 0.5) is 5.69 Å². The van der Waals surface area contributed by atoms with Crippen LogP contribution in [-0.4, -0.2) is 21.0 Å². The molecule has 3 heterocycles. The molecule has 21 heavy (non-hydrogen) atoms. The molecule has 3 rings (SSSR count). The highest BCUT2D eigenvalue weighted by molar-refractivity contribution is 6.31. The molecule has 2 aromatic rings. The minimum atomic E-state index is -1.01. The zero-order valence-electron chi connectivity index (χ0n) is 11.7. The smallest absolute Gasteiger partial charge is 0.259 e. The van der Waals surface area contributed by atoms with Crippen molar-refractivity contribution in [3.63, 3.8) is 0 Å². The summed E-state index contributed by atoms with van der Waals surface area (Å²) in [5.41, 5.74) is 1.51. The van der Waals surface area contributed by atoms with Crippen LogP contribution in [0, 0.1) is 0 Å². The number of hydrogen-bond donors (Lipinski definition) is 1. The van der Waals surface area contributed by atoms with E-state index in [-0.39, 0.29) is 5.91 Å². The maximum Gasteiger partial charge on any atom is 0.259 e. The fourth-order valence-electron chi connectivity index (χ4n) is 2.31. The topological polar surface area (TPSA) is 66.3 Å². The molecule has 0 bridgehead atoms. The molecule has 1 amide bonds. The Hall–Kier alpha value is -1.98. The Morgan fingerprint density at radius 2 is 2.05 bits per heavy atom. The van der Waals surface area contributed by atoms with Crippen molar-refractivity contribution >= 4 is 23.2 Å². The molecule has 0 spiro atoms. The lowest BCUT2D eigenvalue weighted by Crippen LogP contribution is -2.24. The molecule has 0 aliphatic carbocycles. The van der Waals surface area contributed by atoms with Gasteiger partial charge < -0.3 is 10.0 Å². The zero-order chi connectivity index (χ0) is 15.2. The van der Waals surface area contributed by atoms with Gasteiger partial charge in [-0.05, 0) is 32.0 Å². The summed E-state index contributed by atoms with van der Waals surface area (Å²) in [6, 6.07) is 5.15. The summed E-state index contributed by atoms with van der Waals surface area (Å²) in [5.74, 6) is -0.118. The molecule has 0 saturated carbocycles. The third-order valence-corrected chi connectivity index (χ3v) is 3.81. The van der Waals surface area contributed by atoms with Crippen LogP contribution in [0.3, 0.4) is 0 Å². The van der Waals surface area contributed by atoms with Crippen LogP contribution >= 0.6 is 11.6 Å². The van der Waals surface area contributed by atoms with Crippen LogP contribution in [0.2, 0.25) is 5.15 Å². The van der Waals surface area contributed by atoms with Gasteiger partial charge in [-0.25, -0.2) is 4.98 Å². The van der Waals surface area contributed by atoms with Gasteiger partial charge in [0.25, 0.3) is 5.91 Å². The lowest BCUT2D eigenvalue weighted by molar-refractivity contribution is 0.0739. The molecule has 1 aliphatic rings. The Bertz CT molecular complexity index is 708. The average Bonchev–Trinajstić information content (AvgIpc) is 2.77. The first kappa shape index (κ1) is 14.0. The largest absolute Gasteiger partial charge is 0.384 e. The fraction of sp³-hybridized carbons (Fsp3) is 0.267. The van der Waals surface area contributed by atoms with Gasteiger partial charge in [-0.2, -0.15) is 0 Å². The first-order valence-corrected chi connectivity index (χ1v) is 6.90. The number of amides is 1. The van der Waals surface area contributed by atoms with Gasteiger partial charge in [0.15, 0.2) is 0 Å². The molecule has 2 aromatic heterocycles. The molecule has 1 N–H and O–H groups in total. The fourth-order valence-corrected chi connectivity index (χ4v) is 2.53. The number of aliphatic hydroxyl groups is 1. The molecular weight excluding hydrogens is 290 g/mol. The number of rotatable bonds is 2. The highest BCUT2D eigenvalue weighted by Gasteiger charge is 2.31. The van der Waals surface area contributed by atoms with Gasteiger partial charge in [-0.1, -0.05) is 11.6 Å². The highest BCUT2D eigenvalue weighted by atomic mass is 35.5. The Morgan fingerprint density at radius 3 is 2.62 bits per heavy atom. The van der Waals surface area contributed by atoms with Crippen molar-refractivity contribution < 1.29 is 9.90 Å². The van der Waals surface area contributed by atoms with Crippen molar-refractivity contribution in [2.45, 2.75) is 26.0 Å². The molecule has 0 fully saturated rings. The van der Waals surface area contributed by atoms with Gasteiger partial charge in [0.2, 0.25) is 0 Å². The maximum atomic E-state index is 12.4. The number of carbonyl (C=O) groups is 1. The van der Waals surface area contributed by atoms with Gasteiger partial charge in [0.05, 0.1) is 24.1 Å². The summed E-state index contributed by atoms with van der Waals surface area (Å²) in [4.78, 5) is 22.2. The number of nitrogens with zero attached hydrogens (tertiary/aromatic N) is 3. The van der Waals surface area contributed by atoms with Crippen LogP contribution in [0.5, 0.6) is 0 Å². The standard InChI is InChI=1S/C15H14ClN3O2/c1-15(2,21)12-4-3-9(7-18-12)19-8-11-10(14(19)20)5-6-17-13(11)16/h3-7,21H,8H2,1-2H3. The average molecular weight is 304 g/mol. The molecule has 0 aromatic carbocycles. The van der Waals surface area contributed by atoms with Gasteiger partial charge in [0.1, 0.15) is 10.8 Å². The first-order valence-electron chi connectivity index (χ1n) is 6.52. The van der Waals surface area contributed by atoms with E-state index >= 15 is 0 Å². The predicted octanol–water partition coefficient (Wildman–Crippen LogP) is 2.52. The normalized spacial score (nSPS) is 14.5. The van der Waals surface area contributed by atoms with E-state index in [0.717, 1.165) is 5.56 Å².